The molecule has 0 aliphatic heterocycles. The maximum Gasteiger partial charge on any atom is 0.433 e. The number of pyridine rings is 1. The molecule has 8 heteroatoms. The normalized spacial score (nSPS) is 11.4. The highest BCUT2D eigenvalue weighted by Crippen LogP contribution is 2.33. The fraction of sp³-hybridized carbons (Fsp3) is 0.0667. The number of nitrogen functional groups attached to an aromatic ring is 1. The van der Waals surface area contributed by atoms with Gasteiger partial charge in [0.15, 0.2) is 0 Å². The number of aromatic nitrogens is 4. The molecule has 3 aromatic rings. The van der Waals surface area contributed by atoms with Crippen LogP contribution in [-0.4, -0.2) is 20.2 Å². The lowest BCUT2D eigenvalue weighted by Crippen LogP contribution is -2.08. The first kappa shape index (κ1) is 14.9. The van der Waals surface area contributed by atoms with Crippen LogP contribution < -0.4 is 5.73 Å². The summed E-state index contributed by atoms with van der Waals surface area (Å²) in [5.41, 5.74) is 6.01. The summed E-state index contributed by atoms with van der Waals surface area (Å²) in [5.74, 6) is -0.0577. The first-order valence-corrected chi connectivity index (χ1v) is 6.54. The maximum absolute atomic E-state index is 12.8. The van der Waals surface area contributed by atoms with Gasteiger partial charge in [-0.15, -0.1) is 10.2 Å². The molecule has 2 aromatic heterocycles. The monoisotopic (exact) mass is 317 g/mol. The van der Waals surface area contributed by atoms with Gasteiger partial charge in [0, 0.05) is 17.3 Å². The zero-order valence-electron chi connectivity index (χ0n) is 11.6. The molecule has 5 nitrogen and oxygen atoms in total. The number of hydrogen-bond donors (Lipinski definition) is 1. The van der Waals surface area contributed by atoms with E-state index in [1.807, 2.05) is 6.07 Å². The molecule has 116 valence electrons. The van der Waals surface area contributed by atoms with Gasteiger partial charge in [0.2, 0.25) is 5.95 Å². The number of nitrogens with zero attached hydrogens (tertiary/aromatic N) is 4. The number of rotatable bonds is 2. The summed E-state index contributed by atoms with van der Waals surface area (Å²) in [7, 11) is 0. The van der Waals surface area contributed by atoms with E-state index in [1.165, 1.54) is 6.07 Å². The van der Waals surface area contributed by atoms with Crippen molar-refractivity contribution in [3.8, 4) is 22.5 Å². The van der Waals surface area contributed by atoms with Gasteiger partial charge in [-0.1, -0.05) is 30.3 Å². The highest BCUT2D eigenvalue weighted by Gasteiger charge is 2.32. The molecule has 0 radical (unpaired) electrons. The Morgan fingerprint density at radius 2 is 1.61 bits per heavy atom. The second kappa shape index (κ2) is 5.64. The molecule has 0 unspecified atom stereocenters. The number of anilines is 1. The Bertz CT molecular complexity index is 834. The van der Waals surface area contributed by atoms with Crippen LogP contribution in [0.2, 0.25) is 0 Å². The maximum atomic E-state index is 12.8. The number of benzene rings is 1. The third-order valence-corrected chi connectivity index (χ3v) is 3.07. The lowest BCUT2D eigenvalue weighted by atomic mass is 10.0. The predicted octanol–water partition coefficient (Wildman–Crippen LogP) is 3.20. The Balaban J connectivity index is 2.18. The standard InChI is InChI=1S/C15H10F3N5/c16-15(17,18)11-8-10(6-7-20-11)13-12(21-14(19)23-22-13)9-4-2-1-3-5-9/h1-8H,(H2,19,21,23). The van der Waals surface area contributed by atoms with E-state index in [0.717, 1.165) is 12.3 Å². The highest BCUT2D eigenvalue weighted by molar-refractivity contribution is 5.77. The molecule has 0 spiro atoms. The van der Waals surface area contributed by atoms with Crippen molar-refractivity contribution in [1.82, 2.24) is 20.2 Å². The van der Waals surface area contributed by atoms with Crippen LogP contribution in [0.1, 0.15) is 5.69 Å². The van der Waals surface area contributed by atoms with E-state index < -0.39 is 11.9 Å². The third kappa shape index (κ3) is 3.10. The van der Waals surface area contributed by atoms with Gasteiger partial charge in [-0.25, -0.2) is 4.98 Å². The minimum absolute atomic E-state index is 0.0577. The zero-order valence-corrected chi connectivity index (χ0v) is 11.6. The van der Waals surface area contributed by atoms with Crippen LogP contribution >= 0.6 is 0 Å². The third-order valence-electron chi connectivity index (χ3n) is 3.07. The van der Waals surface area contributed by atoms with Crippen LogP contribution in [-0.2, 0) is 6.18 Å². The van der Waals surface area contributed by atoms with Crippen LogP contribution in [0.5, 0.6) is 0 Å². The van der Waals surface area contributed by atoms with E-state index >= 15 is 0 Å². The first-order valence-electron chi connectivity index (χ1n) is 6.54. The van der Waals surface area contributed by atoms with Crippen molar-refractivity contribution in [2.75, 3.05) is 5.73 Å². The molecule has 0 saturated heterocycles. The minimum atomic E-state index is -4.54. The van der Waals surface area contributed by atoms with Crippen LogP contribution in [0.4, 0.5) is 19.1 Å². The topological polar surface area (TPSA) is 77.6 Å². The van der Waals surface area contributed by atoms with Crippen molar-refractivity contribution < 1.29 is 13.2 Å². The van der Waals surface area contributed by atoms with Crippen molar-refractivity contribution in [2.45, 2.75) is 6.18 Å². The van der Waals surface area contributed by atoms with Gasteiger partial charge < -0.3 is 5.73 Å². The summed E-state index contributed by atoms with van der Waals surface area (Å²) in [5, 5.41) is 7.56. The molecule has 2 N–H and O–H groups in total. The predicted molar refractivity (Wildman–Crippen MR) is 77.9 cm³/mol. The van der Waals surface area contributed by atoms with E-state index in [-0.39, 0.29) is 17.2 Å². The molecule has 23 heavy (non-hydrogen) atoms. The fourth-order valence-electron chi connectivity index (χ4n) is 2.06. The Kier molecular flexibility index (Phi) is 3.65. The van der Waals surface area contributed by atoms with E-state index in [0.29, 0.717) is 11.3 Å². The Hall–Kier alpha value is -3.03. The van der Waals surface area contributed by atoms with Gasteiger partial charge >= 0.3 is 6.18 Å². The molecule has 0 aliphatic rings. The van der Waals surface area contributed by atoms with Crippen molar-refractivity contribution in [3.05, 3.63) is 54.4 Å². The zero-order chi connectivity index (χ0) is 16.4. The summed E-state index contributed by atoms with van der Waals surface area (Å²) in [6, 6.07) is 11.2. The Morgan fingerprint density at radius 1 is 0.870 bits per heavy atom. The Labute approximate surface area is 129 Å². The molecule has 2 heterocycles. The summed E-state index contributed by atoms with van der Waals surface area (Å²) in [6.45, 7) is 0. The van der Waals surface area contributed by atoms with E-state index in [1.54, 1.807) is 24.3 Å². The number of nitrogens with two attached hydrogens (primary N) is 1. The van der Waals surface area contributed by atoms with Gasteiger partial charge in [0.25, 0.3) is 0 Å². The van der Waals surface area contributed by atoms with Crippen molar-refractivity contribution >= 4 is 5.95 Å². The molecule has 0 saturated carbocycles. The lowest BCUT2D eigenvalue weighted by molar-refractivity contribution is -0.141. The van der Waals surface area contributed by atoms with Gasteiger partial charge in [-0.3, -0.25) is 4.98 Å². The van der Waals surface area contributed by atoms with Crippen molar-refractivity contribution in [2.24, 2.45) is 0 Å². The summed E-state index contributed by atoms with van der Waals surface area (Å²) in [4.78, 5) is 7.45. The van der Waals surface area contributed by atoms with Crippen molar-refractivity contribution in [1.29, 1.82) is 0 Å². The summed E-state index contributed by atoms with van der Waals surface area (Å²) >= 11 is 0. The average molecular weight is 317 g/mol. The number of hydrogen-bond acceptors (Lipinski definition) is 5. The lowest BCUT2D eigenvalue weighted by Gasteiger charge is -2.10. The minimum Gasteiger partial charge on any atom is -0.366 e. The molecule has 3 rings (SSSR count). The van der Waals surface area contributed by atoms with Gasteiger partial charge in [0.05, 0.1) is 0 Å². The van der Waals surface area contributed by atoms with Gasteiger partial charge in [0.1, 0.15) is 17.1 Å². The van der Waals surface area contributed by atoms with E-state index in [4.69, 9.17) is 5.73 Å². The molecule has 0 fully saturated rings. The second-order valence-electron chi connectivity index (χ2n) is 4.66. The molecule has 0 atom stereocenters. The smallest absolute Gasteiger partial charge is 0.366 e. The van der Waals surface area contributed by atoms with Crippen molar-refractivity contribution in [3.63, 3.8) is 0 Å². The van der Waals surface area contributed by atoms with Gasteiger partial charge in [-0.05, 0) is 12.1 Å². The molecule has 0 amide bonds. The largest absolute Gasteiger partial charge is 0.433 e. The molecular weight excluding hydrogens is 307 g/mol. The quantitative estimate of drug-likeness (QED) is 0.785. The van der Waals surface area contributed by atoms with E-state index in [9.17, 15) is 13.2 Å². The van der Waals surface area contributed by atoms with Gasteiger partial charge in [-0.2, -0.15) is 13.2 Å². The molecular formula is C15H10F3N5. The average Bonchev–Trinajstić information content (AvgIpc) is 2.55. The second-order valence-corrected chi connectivity index (χ2v) is 4.66. The summed E-state index contributed by atoms with van der Waals surface area (Å²) < 4.78 is 38.5. The Morgan fingerprint density at radius 3 is 2.30 bits per heavy atom. The molecule has 0 aliphatic carbocycles. The summed E-state index contributed by atoms with van der Waals surface area (Å²) in [6.07, 6.45) is -3.47. The van der Waals surface area contributed by atoms with Crippen LogP contribution in [0, 0.1) is 0 Å². The number of halogens is 3. The van der Waals surface area contributed by atoms with Crippen LogP contribution in [0.15, 0.2) is 48.7 Å². The van der Waals surface area contributed by atoms with Crippen LogP contribution in [0.3, 0.4) is 0 Å². The fourth-order valence-corrected chi connectivity index (χ4v) is 2.06. The van der Waals surface area contributed by atoms with Crippen LogP contribution in [0.25, 0.3) is 22.5 Å². The highest BCUT2D eigenvalue weighted by atomic mass is 19.4. The molecule has 0 bridgehead atoms. The van der Waals surface area contributed by atoms with E-state index in [2.05, 4.69) is 20.2 Å². The SMILES string of the molecule is Nc1nnc(-c2ccnc(C(F)(F)F)c2)c(-c2ccccc2)n1. The first-order chi connectivity index (χ1) is 10.9. The number of alkyl halides is 3. The molecule has 1 aromatic carbocycles.